The second-order valence-corrected chi connectivity index (χ2v) is 4.75. The normalized spacial score (nSPS) is 12.0. The SMILES string of the molecule is CC(Nc1cccc(C#N)c1)c1cc2ccccc2o1. The van der Waals surface area contributed by atoms with Crippen LogP contribution in [-0.4, -0.2) is 0 Å². The van der Waals surface area contributed by atoms with E-state index in [0.29, 0.717) is 5.56 Å². The van der Waals surface area contributed by atoms with Crippen molar-refractivity contribution in [1.82, 2.24) is 0 Å². The average Bonchev–Trinajstić information content (AvgIpc) is 2.91. The summed E-state index contributed by atoms with van der Waals surface area (Å²) in [6.45, 7) is 2.04. The van der Waals surface area contributed by atoms with Gasteiger partial charge in [-0.25, -0.2) is 0 Å². The van der Waals surface area contributed by atoms with Gasteiger partial charge >= 0.3 is 0 Å². The van der Waals surface area contributed by atoms with E-state index in [4.69, 9.17) is 9.68 Å². The van der Waals surface area contributed by atoms with Crippen LogP contribution in [0.2, 0.25) is 0 Å². The highest BCUT2D eigenvalue weighted by Gasteiger charge is 2.11. The number of hydrogen-bond acceptors (Lipinski definition) is 3. The number of para-hydroxylation sites is 1. The number of nitrogens with one attached hydrogen (secondary N) is 1. The Morgan fingerprint density at radius 2 is 1.95 bits per heavy atom. The molecule has 0 aliphatic carbocycles. The zero-order valence-corrected chi connectivity index (χ0v) is 11.1. The largest absolute Gasteiger partial charge is 0.459 e. The zero-order valence-electron chi connectivity index (χ0n) is 11.1. The van der Waals surface area contributed by atoms with Crippen molar-refractivity contribution in [2.45, 2.75) is 13.0 Å². The molecule has 0 amide bonds. The van der Waals surface area contributed by atoms with E-state index in [9.17, 15) is 0 Å². The van der Waals surface area contributed by atoms with Crippen LogP contribution in [0.15, 0.2) is 59.0 Å². The van der Waals surface area contributed by atoms with Crippen molar-refractivity contribution < 1.29 is 4.42 Å². The minimum atomic E-state index is 0.0383. The Hall–Kier alpha value is -2.73. The quantitative estimate of drug-likeness (QED) is 0.757. The summed E-state index contributed by atoms with van der Waals surface area (Å²) in [6, 6.07) is 19.6. The molecule has 3 heteroatoms. The first-order chi connectivity index (χ1) is 9.76. The number of fused-ring (bicyclic) bond motifs is 1. The van der Waals surface area contributed by atoms with E-state index in [1.807, 2.05) is 55.5 Å². The molecule has 3 nitrogen and oxygen atoms in total. The number of benzene rings is 2. The lowest BCUT2D eigenvalue weighted by Crippen LogP contribution is -2.05. The Labute approximate surface area is 117 Å². The van der Waals surface area contributed by atoms with Crippen LogP contribution in [0, 0.1) is 11.3 Å². The minimum Gasteiger partial charge on any atom is -0.459 e. The van der Waals surface area contributed by atoms with E-state index < -0.39 is 0 Å². The van der Waals surface area contributed by atoms with Gasteiger partial charge in [-0.15, -0.1) is 0 Å². The maximum Gasteiger partial charge on any atom is 0.134 e. The summed E-state index contributed by atoms with van der Waals surface area (Å²) in [7, 11) is 0. The Balaban J connectivity index is 1.85. The van der Waals surface area contributed by atoms with Crippen molar-refractivity contribution in [3.8, 4) is 6.07 Å². The smallest absolute Gasteiger partial charge is 0.134 e. The highest BCUT2D eigenvalue weighted by atomic mass is 16.3. The molecule has 3 aromatic rings. The summed E-state index contributed by atoms with van der Waals surface area (Å²) < 4.78 is 5.83. The van der Waals surface area contributed by atoms with Gasteiger partial charge in [0.1, 0.15) is 11.3 Å². The molecule has 0 bridgehead atoms. The maximum absolute atomic E-state index is 8.91. The van der Waals surface area contributed by atoms with Gasteiger partial charge in [-0.2, -0.15) is 5.26 Å². The topological polar surface area (TPSA) is 49.0 Å². The molecular formula is C17H14N2O. The van der Waals surface area contributed by atoms with Crippen LogP contribution in [0.25, 0.3) is 11.0 Å². The van der Waals surface area contributed by atoms with Gasteiger partial charge in [0.05, 0.1) is 17.7 Å². The summed E-state index contributed by atoms with van der Waals surface area (Å²) in [5.41, 5.74) is 2.45. The Morgan fingerprint density at radius 3 is 2.75 bits per heavy atom. The lowest BCUT2D eigenvalue weighted by molar-refractivity contribution is 0.526. The number of nitriles is 1. The van der Waals surface area contributed by atoms with Gasteiger partial charge in [-0.3, -0.25) is 0 Å². The first-order valence-corrected chi connectivity index (χ1v) is 6.51. The van der Waals surface area contributed by atoms with Crippen LogP contribution >= 0.6 is 0 Å². The third-order valence-corrected chi connectivity index (χ3v) is 3.25. The molecular weight excluding hydrogens is 248 g/mol. The van der Waals surface area contributed by atoms with Crippen LogP contribution in [0.5, 0.6) is 0 Å². The highest BCUT2D eigenvalue weighted by molar-refractivity contribution is 5.77. The van der Waals surface area contributed by atoms with Crippen LogP contribution in [0.1, 0.15) is 24.3 Å². The van der Waals surface area contributed by atoms with Gasteiger partial charge < -0.3 is 9.73 Å². The van der Waals surface area contributed by atoms with Gasteiger partial charge in [0.15, 0.2) is 0 Å². The molecule has 3 rings (SSSR count). The summed E-state index contributed by atoms with van der Waals surface area (Å²) in [5, 5.41) is 13.4. The Kier molecular flexibility index (Phi) is 3.14. The fourth-order valence-electron chi connectivity index (χ4n) is 2.22. The highest BCUT2D eigenvalue weighted by Crippen LogP contribution is 2.26. The van der Waals surface area contributed by atoms with Crippen molar-refractivity contribution in [2.75, 3.05) is 5.32 Å². The van der Waals surface area contributed by atoms with Gasteiger partial charge in [0.2, 0.25) is 0 Å². The molecule has 1 unspecified atom stereocenters. The summed E-state index contributed by atoms with van der Waals surface area (Å²) in [4.78, 5) is 0. The minimum absolute atomic E-state index is 0.0383. The van der Waals surface area contributed by atoms with Crippen molar-refractivity contribution in [2.24, 2.45) is 0 Å². The summed E-state index contributed by atoms with van der Waals surface area (Å²) in [5.74, 6) is 0.883. The Morgan fingerprint density at radius 1 is 1.10 bits per heavy atom. The van der Waals surface area contributed by atoms with Gasteiger partial charge in [0, 0.05) is 11.1 Å². The molecule has 0 aliphatic rings. The standard InChI is InChI=1S/C17H14N2O/c1-12(19-15-7-4-5-13(9-15)11-18)17-10-14-6-2-3-8-16(14)20-17/h2-10,12,19H,1H3. The molecule has 0 saturated carbocycles. The third-order valence-electron chi connectivity index (χ3n) is 3.25. The molecule has 1 N–H and O–H groups in total. The monoisotopic (exact) mass is 262 g/mol. The van der Waals surface area contributed by atoms with E-state index in [1.54, 1.807) is 6.07 Å². The molecule has 2 aromatic carbocycles. The molecule has 0 spiro atoms. The lowest BCUT2D eigenvalue weighted by Gasteiger charge is -2.12. The Bertz CT molecular complexity index is 750. The number of anilines is 1. The molecule has 0 radical (unpaired) electrons. The van der Waals surface area contributed by atoms with Crippen LogP contribution < -0.4 is 5.32 Å². The van der Waals surface area contributed by atoms with Crippen LogP contribution in [-0.2, 0) is 0 Å². The van der Waals surface area contributed by atoms with E-state index in [-0.39, 0.29) is 6.04 Å². The second kappa shape index (κ2) is 5.10. The van der Waals surface area contributed by atoms with E-state index in [2.05, 4.69) is 11.4 Å². The van der Waals surface area contributed by atoms with Crippen molar-refractivity contribution in [1.29, 1.82) is 5.26 Å². The average molecular weight is 262 g/mol. The second-order valence-electron chi connectivity index (χ2n) is 4.75. The maximum atomic E-state index is 8.91. The first kappa shape index (κ1) is 12.3. The fourth-order valence-corrected chi connectivity index (χ4v) is 2.22. The summed E-state index contributed by atoms with van der Waals surface area (Å²) in [6.07, 6.45) is 0. The molecule has 1 aromatic heterocycles. The van der Waals surface area contributed by atoms with Gasteiger partial charge in [-0.1, -0.05) is 24.3 Å². The number of hydrogen-bond donors (Lipinski definition) is 1. The first-order valence-electron chi connectivity index (χ1n) is 6.51. The van der Waals surface area contributed by atoms with E-state index >= 15 is 0 Å². The van der Waals surface area contributed by atoms with Gasteiger partial charge in [-0.05, 0) is 37.3 Å². The summed E-state index contributed by atoms with van der Waals surface area (Å²) >= 11 is 0. The van der Waals surface area contributed by atoms with Crippen LogP contribution in [0.3, 0.4) is 0 Å². The predicted molar refractivity (Wildman–Crippen MR) is 79.4 cm³/mol. The lowest BCUT2D eigenvalue weighted by atomic mass is 10.2. The van der Waals surface area contributed by atoms with Gasteiger partial charge in [0.25, 0.3) is 0 Å². The van der Waals surface area contributed by atoms with Crippen molar-refractivity contribution >= 4 is 16.7 Å². The number of rotatable bonds is 3. The molecule has 20 heavy (non-hydrogen) atoms. The fraction of sp³-hybridized carbons (Fsp3) is 0.118. The molecule has 1 heterocycles. The molecule has 0 aliphatic heterocycles. The zero-order chi connectivity index (χ0) is 13.9. The van der Waals surface area contributed by atoms with Crippen molar-refractivity contribution in [3.63, 3.8) is 0 Å². The van der Waals surface area contributed by atoms with E-state index in [1.165, 1.54) is 0 Å². The number of furan rings is 1. The number of nitrogens with zero attached hydrogens (tertiary/aromatic N) is 1. The third kappa shape index (κ3) is 2.36. The van der Waals surface area contributed by atoms with E-state index in [0.717, 1.165) is 22.4 Å². The predicted octanol–water partition coefficient (Wildman–Crippen LogP) is 4.48. The van der Waals surface area contributed by atoms with Crippen LogP contribution in [0.4, 0.5) is 5.69 Å². The molecule has 0 saturated heterocycles. The molecule has 1 atom stereocenters. The van der Waals surface area contributed by atoms with Crippen molar-refractivity contribution in [3.05, 3.63) is 65.9 Å². The molecule has 98 valence electrons. The molecule has 0 fully saturated rings.